The van der Waals surface area contributed by atoms with Crippen LogP contribution in [0.4, 0.5) is 0 Å². The summed E-state index contributed by atoms with van der Waals surface area (Å²) in [6.45, 7) is 4.41. The second kappa shape index (κ2) is 15.3. The van der Waals surface area contributed by atoms with Gasteiger partial charge in [-0.1, -0.05) is 24.6 Å². The highest BCUT2D eigenvalue weighted by Crippen LogP contribution is 2.37. The number of methoxy groups -OCH3 is 2. The number of imidazole rings is 1. The maximum Gasteiger partial charge on any atom is 0.220 e. The number of nitrogens with zero attached hydrogens (tertiary/aromatic N) is 2. The van der Waals surface area contributed by atoms with Crippen molar-refractivity contribution < 1.29 is 14.3 Å². The number of benzene rings is 2. The molecule has 3 N–H and O–H groups in total. The summed E-state index contributed by atoms with van der Waals surface area (Å²) >= 11 is 1.70. The fraction of sp³-hybridized carbons (Fsp3) is 0.448. The molecule has 200 valence electrons. The summed E-state index contributed by atoms with van der Waals surface area (Å²) in [5, 5.41) is 3.99. The number of rotatable bonds is 16. The molecule has 0 radical (unpaired) electrons. The van der Waals surface area contributed by atoms with Crippen LogP contribution in [0.2, 0.25) is 0 Å². The van der Waals surface area contributed by atoms with Crippen LogP contribution in [0.25, 0.3) is 22.5 Å². The molecule has 0 aliphatic carbocycles. The standard InChI is InChI=1S/C29H40N4O3S/c1-4-33-28(23-13-17-25(36-3)18-14-23)27(22-11-15-24(35-2)16-12-22)32-29(33)37-21-9-10-26(34)31-20-8-6-5-7-19-30/h11-18H,4-10,19-21,30H2,1-3H3,(H,31,34). The van der Waals surface area contributed by atoms with Crippen molar-refractivity contribution in [3.05, 3.63) is 48.5 Å². The zero-order valence-corrected chi connectivity index (χ0v) is 23.1. The van der Waals surface area contributed by atoms with E-state index >= 15 is 0 Å². The summed E-state index contributed by atoms with van der Waals surface area (Å²) in [5.41, 5.74) is 9.65. The topological polar surface area (TPSA) is 91.4 Å². The molecule has 1 amide bonds. The van der Waals surface area contributed by atoms with Crippen LogP contribution < -0.4 is 20.5 Å². The Labute approximate surface area is 225 Å². The van der Waals surface area contributed by atoms with Crippen LogP contribution in [0.15, 0.2) is 53.7 Å². The number of hydrogen-bond acceptors (Lipinski definition) is 6. The van der Waals surface area contributed by atoms with E-state index < -0.39 is 0 Å². The van der Waals surface area contributed by atoms with Gasteiger partial charge < -0.3 is 25.1 Å². The summed E-state index contributed by atoms with van der Waals surface area (Å²) in [7, 11) is 3.34. The highest BCUT2D eigenvalue weighted by molar-refractivity contribution is 7.99. The Morgan fingerprint density at radius 1 is 0.919 bits per heavy atom. The first-order chi connectivity index (χ1) is 18.1. The minimum atomic E-state index is 0.121. The quantitative estimate of drug-likeness (QED) is 0.183. The maximum absolute atomic E-state index is 12.2. The van der Waals surface area contributed by atoms with Crippen LogP contribution in [0, 0.1) is 0 Å². The molecule has 2 aromatic carbocycles. The van der Waals surface area contributed by atoms with Crippen LogP contribution >= 0.6 is 11.8 Å². The number of thioether (sulfide) groups is 1. The fourth-order valence-corrected chi connectivity index (χ4v) is 5.17. The second-order valence-corrected chi connectivity index (χ2v) is 9.86. The zero-order chi connectivity index (χ0) is 26.5. The van der Waals surface area contributed by atoms with Gasteiger partial charge in [0.05, 0.1) is 25.6 Å². The number of carbonyl (C=O) groups is 1. The molecule has 0 atom stereocenters. The average Bonchev–Trinajstić information content (AvgIpc) is 3.31. The van der Waals surface area contributed by atoms with Gasteiger partial charge in [-0.15, -0.1) is 0 Å². The number of carbonyl (C=O) groups excluding carboxylic acids is 1. The molecule has 7 nitrogen and oxygen atoms in total. The van der Waals surface area contributed by atoms with E-state index in [9.17, 15) is 4.79 Å². The minimum absolute atomic E-state index is 0.121. The molecular formula is C29H40N4O3S. The van der Waals surface area contributed by atoms with Gasteiger partial charge in [0.2, 0.25) is 5.91 Å². The van der Waals surface area contributed by atoms with Crippen molar-refractivity contribution in [1.29, 1.82) is 0 Å². The summed E-state index contributed by atoms with van der Waals surface area (Å²) in [5.74, 6) is 2.58. The smallest absolute Gasteiger partial charge is 0.220 e. The van der Waals surface area contributed by atoms with Crippen molar-refractivity contribution in [3.63, 3.8) is 0 Å². The molecule has 37 heavy (non-hydrogen) atoms. The summed E-state index contributed by atoms with van der Waals surface area (Å²) < 4.78 is 13.0. The minimum Gasteiger partial charge on any atom is -0.497 e. The molecule has 3 aromatic rings. The molecule has 0 saturated carbocycles. The van der Waals surface area contributed by atoms with E-state index in [1.54, 1.807) is 26.0 Å². The van der Waals surface area contributed by atoms with E-state index in [0.717, 1.165) is 96.7 Å². The molecule has 8 heteroatoms. The lowest BCUT2D eigenvalue weighted by Gasteiger charge is -2.11. The van der Waals surface area contributed by atoms with E-state index in [1.165, 1.54) is 0 Å². The largest absolute Gasteiger partial charge is 0.497 e. The van der Waals surface area contributed by atoms with E-state index in [1.807, 2.05) is 36.4 Å². The Hall–Kier alpha value is -2.97. The van der Waals surface area contributed by atoms with Gasteiger partial charge in [-0.05, 0) is 81.3 Å². The van der Waals surface area contributed by atoms with Gasteiger partial charge >= 0.3 is 0 Å². The summed E-state index contributed by atoms with van der Waals surface area (Å²) in [4.78, 5) is 17.3. The first kappa shape index (κ1) is 28.6. The number of aromatic nitrogens is 2. The maximum atomic E-state index is 12.2. The number of unbranched alkanes of at least 4 members (excludes halogenated alkanes) is 3. The first-order valence-electron chi connectivity index (χ1n) is 13.1. The molecule has 1 heterocycles. The lowest BCUT2D eigenvalue weighted by atomic mass is 10.0. The predicted octanol–water partition coefficient (Wildman–Crippen LogP) is 5.76. The van der Waals surface area contributed by atoms with Crippen molar-refractivity contribution in [2.45, 2.75) is 57.1 Å². The molecule has 0 saturated heterocycles. The van der Waals surface area contributed by atoms with E-state index in [2.05, 4.69) is 28.9 Å². The number of hydrogen-bond donors (Lipinski definition) is 2. The third kappa shape index (κ3) is 8.27. The third-order valence-electron chi connectivity index (χ3n) is 6.21. The van der Waals surface area contributed by atoms with Crippen LogP contribution in [0.3, 0.4) is 0 Å². The monoisotopic (exact) mass is 524 g/mol. The van der Waals surface area contributed by atoms with Crippen molar-refractivity contribution in [2.24, 2.45) is 5.73 Å². The predicted molar refractivity (Wildman–Crippen MR) is 152 cm³/mol. The number of nitrogens with two attached hydrogens (primary N) is 1. The van der Waals surface area contributed by atoms with E-state index in [4.69, 9.17) is 20.2 Å². The molecule has 0 bridgehead atoms. The van der Waals surface area contributed by atoms with Crippen LogP contribution in [-0.2, 0) is 11.3 Å². The van der Waals surface area contributed by atoms with Crippen LogP contribution in [-0.4, -0.2) is 48.5 Å². The van der Waals surface area contributed by atoms with Gasteiger partial charge in [0.25, 0.3) is 0 Å². The Morgan fingerprint density at radius 2 is 1.54 bits per heavy atom. The fourth-order valence-electron chi connectivity index (χ4n) is 4.16. The van der Waals surface area contributed by atoms with Crippen molar-refractivity contribution >= 4 is 17.7 Å². The highest BCUT2D eigenvalue weighted by atomic mass is 32.2. The average molecular weight is 525 g/mol. The van der Waals surface area contributed by atoms with Crippen molar-refractivity contribution in [2.75, 3.05) is 33.1 Å². The normalized spacial score (nSPS) is 10.9. The number of nitrogens with one attached hydrogen (secondary N) is 1. The second-order valence-electron chi connectivity index (χ2n) is 8.80. The van der Waals surface area contributed by atoms with Gasteiger partial charge in [0.1, 0.15) is 11.5 Å². The molecule has 0 unspecified atom stereocenters. The van der Waals surface area contributed by atoms with Crippen LogP contribution in [0.5, 0.6) is 11.5 Å². The Bertz CT molecular complexity index is 1100. The van der Waals surface area contributed by atoms with Gasteiger partial charge in [0, 0.05) is 36.4 Å². The van der Waals surface area contributed by atoms with Crippen molar-refractivity contribution in [3.8, 4) is 34.0 Å². The lowest BCUT2D eigenvalue weighted by molar-refractivity contribution is -0.121. The highest BCUT2D eigenvalue weighted by Gasteiger charge is 2.20. The third-order valence-corrected chi connectivity index (χ3v) is 7.27. The lowest BCUT2D eigenvalue weighted by Crippen LogP contribution is -2.24. The molecule has 0 aliphatic heterocycles. The molecular weight excluding hydrogens is 484 g/mol. The van der Waals surface area contributed by atoms with Gasteiger partial charge in [-0.25, -0.2) is 4.98 Å². The molecule has 0 spiro atoms. The summed E-state index contributed by atoms with van der Waals surface area (Å²) in [6, 6.07) is 16.1. The van der Waals surface area contributed by atoms with Gasteiger partial charge in [0.15, 0.2) is 5.16 Å². The van der Waals surface area contributed by atoms with E-state index in [-0.39, 0.29) is 5.91 Å². The van der Waals surface area contributed by atoms with Crippen molar-refractivity contribution in [1.82, 2.24) is 14.9 Å². The zero-order valence-electron chi connectivity index (χ0n) is 22.3. The number of amides is 1. The molecule has 3 rings (SSSR count). The Morgan fingerprint density at radius 3 is 2.14 bits per heavy atom. The number of ether oxygens (including phenoxy) is 2. The van der Waals surface area contributed by atoms with Gasteiger partial charge in [-0.2, -0.15) is 0 Å². The van der Waals surface area contributed by atoms with Gasteiger partial charge in [-0.3, -0.25) is 4.79 Å². The van der Waals surface area contributed by atoms with Crippen LogP contribution in [0.1, 0.15) is 45.4 Å². The summed E-state index contributed by atoms with van der Waals surface area (Å²) in [6.07, 6.45) is 5.63. The molecule has 0 fully saturated rings. The Kier molecular flexibility index (Phi) is 11.8. The Balaban J connectivity index is 1.70. The molecule has 0 aliphatic rings. The molecule has 1 aromatic heterocycles. The first-order valence-corrected chi connectivity index (χ1v) is 14.1. The van der Waals surface area contributed by atoms with E-state index in [0.29, 0.717) is 6.42 Å². The SMILES string of the molecule is CCn1c(SCCCC(=O)NCCCCCCN)nc(-c2ccc(OC)cc2)c1-c1ccc(OC)cc1.